The minimum Gasteiger partial charge on any atom is -0.269 e. The number of rotatable bonds is 7. The predicted octanol–water partition coefficient (Wildman–Crippen LogP) is 3.68. The van der Waals surface area contributed by atoms with Gasteiger partial charge in [0.15, 0.2) is 5.65 Å². The van der Waals surface area contributed by atoms with Crippen molar-refractivity contribution in [1.82, 2.24) is 19.6 Å². The van der Waals surface area contributed by atoms with Gasteiger partial charge in [0.1, 0.15) is 17.3 Å². The van der Waals surface area contributed by atoms with Crippen molar-refractivity contribution >= 4 is 17.2 Å². The summed E-state index contributed by atoms with van der Waals surface area (Å²) in [5.74, 6) is 0.977. The highest BCUT2D eigenvalue weighted by Crippen LogP contribution is 2.12. The largest absolute Gasteiger partial charge is 0.269 e. The molecular weight excluding hydrogens is 248 g/mol. The fourth-order valence-corrected chi connectivity index (χ4v) is 2.19. The Bertz CT molecular complexity index is 495. The minimum atomic E-state index is 0.459. The SMILES string of the molecule is CCCCCCCCc1nnc2cc(Cl)ncn12. The standard InChI is InChI=1S/C13H19ClN4/c1-2-3-4-5-6-7-8-12-16-17-13-9-11(14)15-10-18(12)13/h9-10H,2-8H2,1H3. The van der Waals surface area contributed by atoms with Crippen molar-refractivity contribution in [2.45, 2.75) is 51.9 Å². The molecule has 0 atom stereocenters. The molecule has 4 nitrogen and oxygen atoms in total. The van der Waals surface area contributed by atoms with E-state index < -0.39 is 0 Å². The molecular formula is C13H19ClN4. The van der Waals surface area contributed by atoms with Crippen LogP contribution in [0.4, 0.5) is 0 Å². The highest BCUT2D eigenvalue weighted by molar-refractivity contribution is 6.29. The van der Waals surface area contributed by atoms with Crippen LogP contribution in [0.1, 0.15) is 51.3 Å². The van der Waals surface area contributed by atoms with Crippen LogP contribution in [0.2, 0.25) is 5.15 Å². The number of fused-ring (bicyclic) bond motifs is 1. The quantitative estimate of drug-likeness (QED) is 0.567. The summed E-state index contributed by atoms with van der Waals surface area (Å²) in [5.41, 5.74) is 0.774. The maximum absolute atomic E-state index is 5.81. The first-order valence-corrected chi connectivity index (χ1v) is 7.04. The molecule has 0 N–H and O–H groups in total. The predicted molar refractivity (Wildman–Crippen MR) is 72.9 cm³/mol. The van der Waals surface area contributed by atoms with Crippen molar-refractivity contribution in [2.75, 3.05) is 0 Å². The molecule has 0 saturated carbocycles. The summed E-state index contributed by atoms with van der Waals surface area (Å²) in [7, 11) is 0. The molecule has 5 heteroatoms. The van der Waals surface area contributed by atoms with Gasteiger partial charge >= 0.3 is 0 Å². The Morgan fingerprint density at radius 2 is 1.89 bits per heavy atom. The van der Waals surface area contributed by atoms with Crippen molar-refractivity contribution in [1.29, 1.82) is 0 Å². The molecule has 0 unspecified atom stereocenters. The van der Waals surface area contributed by atoms with Crippen LogP contribution in [0.3, 0.4) is 0 Å². The number of aromatic nitrogens is 4. The van der Waals surface area contributed by atoms with E-state index in [2.05, 4.69) is 22.1 Å². The van der Waals surface area contributed by atoms with Crippen LogP contribution in [-0.2, 0) is 6.42 Å². The minimum absolute atomic E-state index is 0.459. The van der Waals surface area contributed by atoms with E-state index >= 15 is 0 Å². The van der Waals surface area contributed by atoms with Crippen molar-refractivity contribution in [3.05, 3.63) is 23.4 Å². The Hall–Kier alpha value is -1.16. The average molecular weight is 267 g/mol. The lowest BCUT2D eigenvalue weighted by Crippen LogP contribution is -1.96. The molecule has 0 aliphatic carbocycles. The number of halogens is 1. The Kier molecular flexibility index (Phi) is 4.93. The molecule has 2 aromatic heterocycles. The lowest BCUT2D eigenvalue weighted by atomic mass is 10.1. The topological polar surface area (TPSA) is 43.1 Å². The third-order valence-electron chi connectivity index (χ3n) is 3.09. The second kappa shape index (κ2) is 6.69. The van der Waals surface area contributed by atoms with Gasteiger partial charge in [-0.15, -0.1) is 10.2 Å². The molecule has 0 aliphatic rings. The Labute approximate surface area is 112 Å². The van der Waals surface area contributed by atoms with Gasteiger partial charge in [0.2, 0.25) is 0 Å². The number of hydrogen-bond donors (Lipinski definition) is 0. The molecule has 0 fully saturated rings. The lowest BCUT2D eigenvalue weighted by Gasteiger charge is -2.00. The Balaban J connectivity index is 1.84. The zero-order chi connectivity index (χ0) is 12.8. The van der Waals surface area contributed by atoms with Gasteiger partial charge in [0.25, 0.3) is 0 Å². The Morgan fingerprint density at radius 1 is 1.11 bits per heavy atom. The smallest absolute Gasteiger partial charge is 0.165 e. The Morgan fingerprint density at radius 3 is 2.72 bits per heavy atom. The summed E-state index contributed by atoms with van der Waals surface area (Å²) in [6, 6.07) is 1.74. The molecule has 2 rings (SSSR count). The summed E-state index contributed by atoms with van der Waals surface area (Å²) < 4.78 is 1.91. The normalized spacial score (nSPS) is 11.2. The van der Waals surface area contributed by atoms with E-state index in [-0.39, 0.29) is 0 Å². The van der Waals surface area contributed by atoms with E-state index in [4.69, 9.17) is 11.6 Å². The van der Waals surface area contributed by atoms with Gasteiger partial charge in [-0.25, -0.2) is 4.98 Å². The van der Waals surface area contributed by atoms with E-state index in [1.807, 2.05) is 4.40 Å². The van der Waals surface area contributed by atoms with Gasteiger partial charge < -0.3 is 0 Å². The maximum Gasteiger partial charge on any atom is 0.165 e. The van der Waals surface area contributed by atoms with Gasteiger partial charge in [-0.1, -0.05) is 50.6 Å². The van der Waals surface area contributed by atoms with Crippen LogP contribution in [0.25, 0.3) is 5.65 Å². The fourth-order valence-electron chi connectivity index (χ4n) is 2.05. The first-order valence-electron chi connectivity index (χ1n) is 6.66. The molecule has 0 spiro atoms. The fraction of sp³-hybridized carbons (Fsp3) is 0.615. The summed E-state index contributed by atoms with van der Waals surface area (Å²) >= 11 is 5.81. The van der Waals surface area contributed by atoms with E-state index in [0.717, 1.165) is 24.3 Å². The van der Waals surface area contributed by atoms with Gasteiger partial charge in [-0.2, -0.15) is 0 Å². The van der Waals surface area contributed by atoms with Gasteiger partial charge in [-0.3, -0.25) is 4.40 Å². The summed E-state index contributed by atoms with van der Waals surface area (Å²) in [6.07, 6.45) is 10.4. The van der Waals surface area contributed by atoms with E-state index in [1.54, 1.807) is 12.4 Å². The number of unbranched alkanes of at least 4 members (excludes halogenated alkanes) is 5. The first kappa shape index (κ1) is 13.3. The van der Waals surface area contributed by atoms with Crippen LogP contribution in [-0.4, -0.2) is 19.6 Å². The molecule has 2 aromatic rings. The zero-order valence-corrected chi connectivity index (χ0v) is 11.5. The first-order chi connectivity index (χ1) is 8.81. The molecule has 98 valence electrons. The summed E-state index contributed by atoms with van der Waals surface area (Å²) in [5, 5.41) is 8.74. The van der Waals surface area contributed by atoms with E-state index in [0.29, 0.717) is 5.15 Å². The maximum atomic E-state index is 5.81. The molecule has 2 heterocycles. The van der Waals surface area contributed by atoms with E-state index in [1.165, 1.54) is 32.1 Å². The van der Waals surface area contributed by atoms with Crippen LogP contribution in [0, 0.1) is 0 Å². The van der Waals surface area contributed by atoms with Crippen molar-refractivity contribution in [3.63, 3.8) is 0 Å². The highest BCUT2D eigenvalue weighted by Gasteiger charge is 2.05. The second-order valence-electron chi connectivity index (χ2n) is 4.57. The van der Waals surface area contributed by atoms with Crippen LogP contribution < -0.4 is 0 Å². The molecule has 0 amide bonds. The number of nitrogens with zero attached hydrogens (tertiary/aromatic N) is 4. The number of hydrogen-bond acceptors (Lipinski definition) is 3. The third kappa shape index (κ3) is 3.42. The highest BCUT2D eigenvalue weighted by atomic mass is 35.5. The van der Waals surface area contributed by atoms with Crippen molar-refractivity contribution in [3.8, 4) is 0 Å². The molecule has 0 radical (unpaired) electrons. The van der Waals surface area contributed by atoms with Crippen molar-refractivity contribution in [2.24, 2.45) is 0 Å². The van der Waals surface area contributed by atoms with E-state index in [9.17, 15) is 0 Å². The summed E-state index contributed by atoms with van der Waals surface area (Å²) in [4.78, 5) is 4.06. The van der Waals surface area contributed by atoms with Crippen LogP contribution >= 0.6 is 11.6 Å². The van der Waals surface area contributed by atoms with Crippen molar-refractivity contribution < 1.29 is 0 Å². The molecule has 0 saturated heterocycles. The summed E-state index contributed by atoms with van der Waals surface area (Å²) in [6.45, 7) is 2.24. The van der Waals surface area contributed by atoms with Gasteiger partial charge in [0, 0.05) is 12.5 Å². The monoisotopic (exact) mass is 266 g/mol. The third-order valence-corrected chi connectivity index (χ3v) is 3.30. The zero-order valence-electron chi connectivity index (χ0n) is 10.8. The van der Waals surface area contributed by atoms with Gasteiger partial charge in [-0.05, 0) is 6.42 Å². The van der Waals surface area contributed by atoms with Crippen LogP contribution in [0.15, 0.2) is 12.4 Å². The molecule has 18 heavy (non-hydrogen) atoms. The molecule has 0 aliphatic heterocycles. The molecule has 0 aromatic carbocycles. The van der Waals surface area contributed by atoms with Crippen LogP contribution in [0.5, 0.6) is 0 Å². The second-order valence-corrected chi connectivity index (χ2v) is 4.96. The average Bonchev–Trinajstić information content (AvgIpc) is 2.76. The molecule has 0 bridgehead atoms. The number of aryl methyl sites for hydroxylation is 1. The van der Waals surface area contributed by atoms with Gasteiger partial charge in [0.05, 0.1) is 0 Å². The lowest BCUT2D eigenvalue weighted by molar-refractivity contribution is 0.599.